The van der Waals surface area contributed by atoms with Crippen LogP contribution in [0.25, 0.3) is 5.57 Å². The quantitative estimate of drug-likeness (QED) is 0.665. The number of amides is 2. The van der Waals surface area contributed by atoms with Crippen LogP contribution in [0, 0.1) is 0 Å². The second-order valence-electron chi connectivity index (χ2n) is 8.13. The van der Waals surface area contributed by atoms with Crippen LogP contribution in [0.5, 0.6) is 5.75 Å². The number of hydrogen-bond donors (Lipinski definition) is 0. The second kappa shape index (κ2) is 8.73. The highest BCUT2D eigenvalue weighted by molar-refractivity contribution is 6.45. The molecule has 1 saturated heterocycles. The Labute approximate surface area is 187 Å². The molecule has 0 spiro atoms. The zero-order valence-electron chi connectivity index (χ0n) is 18.0. The number of halogens is 1. The van der Waals surface area contributed by atoms with Crippen molar-refractivity contribution < 1.29 is 14.3 Å². The number of carbonyl (C=O) groups is 2. The number of benzene rings is 2. The molecule has 2 aromatic rings. The van der Waals surface area contributed by atoms with Gasteiger partial charge in [-0.3, -0.25) is 9.59 Å². The van der Waals surface area contributed by atoms with Gasteiger partial charge in [-0.1, -0.05) is 23.7 Å². The summed E-state index contributed by atoms with van der Waals surface area (Å²) < 4.78 is 5.69. The summed E-state index contributed by atoms with van der Waals surface area (Å²) in [5.74, 6) is 0.0822. The average Bonchev–Trinajstić information content (AvgIpc) is 3.00. The minimum absolute atomic E-state index is 0.0444. The molecule has 1 fully saturated rings. The Hall–Kier alpha value is -2.83. The van der Waals surface area contributed by atoms with Crippen LogP contribution in [0.3, 0.4) is 0 Å². The van der Waals surface area contributed by atoms with Gasteiger partial charge < -0.3 is 14.5 Å². The van der Waals surface area contributed by atoms with Crippen LogP contribution in [0.4, 0.5) is 5.69 Å². The summed E-state index contributed by atoms with van der Waals surface area (Å²) in [5.41, 5.74) is 2.11. The molecule has 2 aliphatic rings. The van der Waals surface area contributed by atoms with E-state index in [2.05, 4.69) is 11.9 Å². The third-order valence-electron chi connectivity index (χ3n) is 5.48. The maximum absolute atomic E-state index is 13.5. The minimum Gasteiger partial charge on any atom is -0.491 e. The molecule has 0 bridgehead atoms. The van der Waals surface area contributed by atoms with Crippen molar-refractivity contribution in [3.05, 3.63) is 64.8 Å². The predicted octanol–water partition coefficient (Wildman–Crippen LogP) is 3.66. The number of anilines is 1. The molecular weight excluding hydrogens is 414 g/mol. The molecule has 0 N–H and O–H groups in total. The van der Waals surface area contributed by atoms with Crippen molar-refractivity contribution in [3.8, 4) is 5.75 Å². The molecule has 2 amide bonds. The van der Waals surface area contributed by atoms with Crippen LogP contribution in [0.1, 0.15) is 19.4 Å². The first-order valence-corrected chi connectivity index (χ1v) is 10.8. The molecule has 6 nitrogen and oxygen atoms in total. The van der Waals surface area contributed by atoms with Gasteiger partial charge in [0, 0.05) is 31.2 Å². The summed E-state index contributed by atoms with van der Waals surface area (Å²) in [7, 11) is 2.06. The molecule has 2 aromatic carbocycles. The topological polar surface area (TPSA) is 53.1 Å². The molecule has 0 unspecified atom stereocenters. The monoisotopic (exact) mass is 439 g/mol. The van der Waals surface area contributed by atoms with E-state index in [0.717, 1.165) is 13.1 Å². The maximum Gasteiger partial charge on any atom is 0.282 e. The summed E-state index contributed by atoms with van der Waals surface area (Å²) in [4.78, 5) is 32.6. The Kier molecular flexibility index (Phi) is 6.03. The first-order valence-electron chi connectivity index (χ1n) is 10.4. The van der Waals surface area contributed by atoms with Crippen molar-refractivity contribution in [3.63, 3.8) is 0 Å². The molecule has 2 aliphatic heterocycles. The van der Waals surface area contributed by atoms with E-state index in [0.29, 0.717) is 46.4 Å². The van der Waals surface area contributed by atoms with Gasteiger partial charge >= 0.3 is 0 Å². The van der Waals surface area contributed by atoms with E-state index in [1.165, 1.54) is 4.90 Å². The van der Waals surface area contributed by atoms with Gasteiger partial charge in [-0.2, -0.15) is 0 Å². The van der Waals surface area contributed by atoms with Crippen molar-refractivity contribution in [2.45, 2.75) is 20.0 Å². The van der Waals surface area contributed by atoms with Gasteiger partial charge in [-0.15, -0.1) is 0 Å². The number of piperazine rings is 1. The first kappa shape index (κ1) is 21.4. The second-order valence-corrected chi connectivity index (χ2v) is 8.56. The normalized spacial score (nSPS) is 17.8. The SMILES string of the molecule is CC(C)Oc1ccc(N2C(=O)C(c3ccc(Cl)cc3)=C(N3CCN(C)CC3)C2=O)cc1. The van der Waals surface area contributed by atoms with E-state index < -0.39 is 0 Å². The van der Waals surface area contributed by atoms with Crippen molar-refractivity contribution in [2.75, 3.05) is 38.1 Å². The number of carbonyl (C=O) groups excluding carboxylic acids is 2. The van der Waals surface area contributed by atoms with Crippen LogP contribution in [-0.4, -0.2) is 60.9 Å². The zero-order valence-corrected chi connectivity index (χ0v) is 18.7. The summed E-state index contributed by atoms with van der Waals surface area (Å²) in [5, 5.41) is 0.583. The Morgan fingerprint density at radius 3 is 2.06 bits per heavy atom. The summed E-state index contributed by atoms with van der Waals surface area (Å²) in [6.07, 6.45) is 0.0444. The van der Waals surface area contributed by atoms with E-state index in [-0.39, 0.29) is 17.9 Å². The third kappa shape index (κ3) is 4.31. The standard InChI is InChI=1S/C24H26ClN3O3/c1-16(2)31-20-10-8-19(9-11-20)28-23(29)21(17-4-6-18(25)7-5-17)22(24(28)30)27-14-12-26(3)13-15-27/h4-11,16H,12-15H2,1-3H3. The lowest BCUT2D eigenvalue weighted by Crippen LogP contribution is -2.46. The van der Waals surface area contributed by atoms with E-state index >= 15 is 0 Å². The number of ether oxygens (including phenoxy) is 1. The highest BCUT2D eigenvalue weighted by atomic mass is 35.5. The molecule has 162 valence electrons. The molecule has 31 heavy (non-hydrogen) atoms. The van der Waals surface area contributed by atoms with Crippen LogP contribution in [-0.2, 0) is 9.59 Å². The Morgan fingerprint density at radius 2 is 1.48 bits per heavy atom. The van der Waals surface area contributed by atoms with Gasteiger partial charge in [0.15, 0.2) is 0 Å². The average molecular weight is 440 g/mol. The van der Waals surface area contributed by atoms with Crippen molar-refractivity contribution in [1.82, 2.24) is 9.80 Å². The van der Waals surface area contributed by atoms with Crippen LogP contribution >= 0.6 is 11.6 Å². The lowest BCUT2D eigenvalue weighted by Gasteiger charge is -2.34. The largest absolute Gasteiger partial charge is 0.491 e. The van der Waals surface area contributed by atoms with E-state index in [9.17, 15) is 9.59 Å². The van der Waals surface area contributed by atoms with Crippen LogP contribution in [0.2, 0.25) is 5.02 Å². The Morgan fingerprint density at radius 1 is 0.871 bits per heavy atom. The molecule has 0 aromatic heterocycles. The zero-order chi connectivity index (χ0) is 22.1. The number of hydrogen-bond acceptors (Lipinski definition) is 5. The molecule has 0 radical (unpaired) electrons. The maximum atomic E-state index is 13.5. The van der Waals surface area contributed by atoms with Gasteiger partial charge in [-0.25, -0.2) is 4.90 Å². The molecule has 7 heteroatoms. The predicted molar refractivity (Wildman–Crippen MR) is 122 cm³/mol. The highest BCUT2D eigenvalue weighted by Crippen LogP contribution is 2.36. The smallest absolute Gasteiger partial charge is 0.282 e. The number of imide groups is 1. The highest BCUT2D eigenvalue weighted by Gasteiger charge is 2.42. The van der Waals surface area contributed by atoms with Crippen LogP contribution in [0.15, 0.2) is 54.2 Å². The van der Waals surface area contributed by atoms with Crippen molar-refractivity contribution in [1.29, 1.82) is 0 Å². The summed E-state index contributed by atoms with van der Waals surface area (Å²) >= 11 is 6.05. The summed E-state index contributed by atoms with van der Waals surface area (Å²) in [6.45, 7) is 6.95. The molecular formula is C24H26ClN3O3. The lowest BCUT2D eigenvalue weighted by atomic mass is 10.0. The fourth-order valence-electron chi connectivity index (χ4n) is 3.90. The molecule has 0 saturated carbocycles. The fraction of sp³-hybridized carbons (Fsp3) is 0.333. The van der Waals surface area contributed by atoms with E-state index in [4.69, 9.17) is 16.3 Å². The fourth-order valence-corrected chi connectivity index (χ4v) is 4.02. The number of rotatable bonds is 5. The molecule has 4 rings (SSSR count). The molecule has 0 atom stereocenters. The third-order valence-corrected chi connectivity index (χ3v) is 5.73. The van der Waals surface area contributed by atoms with Gasteiger partial charge in [0.05, 0.1) is 17.4 Å². The number of likely N-dealkylation sites (N-methyl/N-ethyl adjacent to an activating group) is 1. The van der Waals surface area contributed by atoms with Crippen molar-refractivity contribution in [2.24, 2.45) is 0 Å². The van der Waals surface area contributed by atoms with Gasteiger partial charge in [0.1, 0.15) is 11.4 Å². The number of nitrogens with zero attached hydrogens (tertiary/aromatic N) is 3. The van der Waals surface area contributed by atoms with E-state index in [1.54, 1.807) is 48.5 Å². The minimum atomic E-state index is -0.321. The Balaban J connectivity index is 1.72. The summed E-state index contributed by atoms with van der Waals surface area (Å²) in [6, 6.07) is 14.1. The lowest BCUT2D eigenvalue weighted by molar-refractivity contribution is -0.120. The molecule has 2 heterocycles. The van der Waals surface area contributed by atoms with Crippen LogP contribution < -0.4 is 9.64 Å². The van der Waals surface area contributed by atoms with Gasteiger partial charge in [0.2, 0.25) is 0 Å². The molecule has 0 aliphatic carbocycles. The Bertz CT molecular complexity index is 1010. The van der Waals surface area contributed by atoms with Gasteiger partial charge in [-0.05, 0) is 62.9 Å². The first-order chi connectivity index (χ1) is 14.8. The van der Waals surface area contributed by atoms with Gasteiger partial charge in [0.25, 0.3) is 11.8 Å². The van der Waals surface area contributed by atoms with Crippen molar-refractivity contribution >= 4 is 34.7 Å². The van der Waals surface area contributed by atoms with E-state index in [1.807, 2.05) is 18.7 Å².